The van der Waals surface area contributed by atoms with Gasteiger partial charge in [0.1, 0.15) is 16.6 Å². The van der Waals surface area contributed by atoms with Crippen molar-refractivity contribution in [2.24, 2.45) is 0 Å². The SMILES string of the molecule is CC(=O)c1sc(NCC(C)N(C)C)c(C#N)c1N. The Labute approximate surface area is 111 Å². The van der Waals surface area contributed by atoms with Gasteiger partial charge in [-0.15, -0.1) is 11.3 Å². The van der Waals surface area contributed by atoms with Gasteiger partial charge in [-0.25, -0.2) is 0 Å². The highest BCUT2D eigenvalue weighted by molar-refractivity contribution is 7.18. The maximum Gasteiger partial charge on any atom is 0.171 e. The molecule has 3 N–H and O–H groups in total. The second-order valence-electron chi connectivity index (χ2n) is 4.41. The molecule has 1 aromatic heterocycles. The van der Waals surface area contributed by atoms with Crippen molar-refractivity contribution in [2.45, 2.75) is 19.9 Å². The van der Waals surface area contributed by atoms with E-state index in [1.807, 2.05) is 20.2 Å². The second-order valence-corrected chi connectivity index (χ2v) is 5.43. The normalized spacial score (nSPS) is 12.2. The van der Waals surface area contributed by atoms with Crippen LogP contribution in [-0.4, -0.2) is 37.4 Å². The summed E-state index contributed by atoms with van der Waals surface area (Å²) in [7, 11) is 3.97. The first-order valence-electron chi connectivity index (χ1n) is 5.62. The quantitative estimate of drug-likeness (QED) is 0.794. The largest absolute Gasteiger partial charge is 0.396 e. The third kappa shape index (κ3) is 3.00. The van der Waals surface area contributed by atoms with E-state index in [4.69, 9.17) is 11.0 Å². The number of ketones is 1. The van der Waals surface area contributed by atoms with Crippen LogP contribution in [0.3, 0.4) is 0 Å². The smallest absolute Gasteiger partial charge is 0.171 e. The minimum absolute atomic E-state index is 0.109. The lowest BCUT2D eigenvalue weighted by atomic mass is 10.2. The zero-order valence-electron chi connectivity index (χ0n) is 11.1. The number of nitrogens with one attached hydrogen (secondary N) is 1. The molecule has 0 amide bonds. The number of nitrogens with zero attached hydrogens (tertiary/aromatic N) is 2. The number of nitriles is 1. The molecule has 6 heteroatoms. The topological polar surface area (TPSA) is 82.2 Å². The summed E-state index contributed by atoms with van der Waals surface area (Å²) in [6, 6.07) is 2.37. The van der Waals surface area contributed by atoms with Crippen molar-refractivity contribution in [3.63, 3.8) is 0 Å². The van der Waals surface area contributed by atoms with Gasteiger partial charge in [0.2, 0.25) is 0 Å². The first-order valence-corrected chi connectivity index (χ1v) is 6.43. The van der Waals surface area contributed by atoms with Crippen molar-refractivity contribution < 1.29 is 4.79 Å². The monoisotopic (exact) mass is 266 g/mol. The van der Waals surface area contributed by atoms with Crippen LogP contribution < -0.4 is 11.1 Å². The summed E-state index contributed by atoms with van der Waals surface area (Å²) in [5.74, 6) is -0.109. The molecule has 0 radical (unpaired) electrons. The van der Waals surface area contributed by atoms with Gasteiger partial charge in [0.25, 0.3) is 0 Å². The van der Waals surface area contributed by atoms with Crippen molar-refractivity contribution in [2.75, 3.05) is 31.7 Å². The predicted octanol–water partition coefficient (Wildman–Crippen LogP) is 1.77. The number of anilines is 2. The Morgan fingerprint density at radius 2 is 2.22 bits per heavy atom. The number of likely N-dealkylation sites (N-methyl/N-ethyl adjacent to an activating group) is 1. The van der Waals surface area contributed by atoms with Gasteiger partial charge in [0, 0.05) is 19.5 Å². The first kappa shape index (κ1) is 14.5. The third-order valence-electron chi connectivity index (χ3n) is 2.82. The molecule has 0 aliphatic rings. The molecule has 0 aliphatic heterocycles. The highest BCUT2D eigenvalue weighted by Crippen LogP contribution is 2.35. The molecule has 1 rings (SSSR count). The predicted molar refractivity (Wildman–Crippen MR) is 75.1 cm³/mol. The average molecular weight is 266 g/mol. The highest BCUT2D eigenvalue weighted by Gasteiger charge is 2.18. The van der Waals surface area contributed by atoms with Crippen molar-refractivity contribution in [1.29, 1.82) is 5.26 Å². The Hall–Kier alpha value is -1.58. The van der Waals surface area contributed by atoms with E-state index in [2.05, 4.69) is 17.1 Å². The zero-order chi connectivity index (χ0) is 13.9. The standard InChI is InChI=1S/C12H18N4OS/c1-7(16(3)4)6-15-12-9(5-13)10(14)11(18-12)8(2)17/h7,15H,6,14H2,1-4H3. The molecular formula is C12H18N4OS. The summed E-state index contributed by atoms with van der Waals surface area (Å²) in [6.45, 7) is 4.22. The molecule has 1 aromatic rings. The van der Waals surface area contributed by atoms with E-state index < -0.39 is 0 Å². The van der Waals surface area contributed by atoms with E-state index in [0.29, 0.717) is 28.0 Å². The van der Waals surface area contributed by atoms with Crippen LogP contribution in [0.5, 0.6) is 0 Å². The van der Waals surface area contributed by atoms with Crippen LogP contribution in [0.2, 0.25) is 0 Å². The van der Waals surface area contributed by atoms with E-state index >= 15 is 0 Å². The summed E-state index contributed by atoms with van der Waals surface area (Å²) in [5, 5.41) is 12.9. The number of thiophene rings is 1. The number of hydrogen-bond donors (Lipinski definition) is 2. The van der Waals surface area contributed by atoms with Crippen LogP contribution in [0, 0.1) is 11.3 Å². The first-order chi connectivity index (χ1) is 8.38. The van der Waals surface area contributed by atoms with Crippen molar-refractivity contribution >= 4 is 27.8 Å². The molecule has 1 heterocycles. The van der Waals surface area contributed by atoms with Crippen molar-refractivity contribution in [1.82, 2.24) is 4.90 Å². The fourth-order valence-corrected chi connectivity index (χ4v) is 2.34. The fraction of sp³-hybridized carbons (Fsp3) is 0.500. The third-order valence-corrected chi connectivity index (χ3v) is 4.08. The number of Topliss-reactive ketones (excluding diaryl/α,β-unsaturated/α-hetero) is 1. The lowest BCUT2D eigenvalue weighted by molar-refractivity contribution is 0.102. The molecule has 0 saturated carbocycles. The molecule has 0 bridgehead atoms. The molecule has 1 unspecified atom stereocenters. The summed E-state index contributed by atoms with van der Waals surface area (Å²) in [4.78, 5) is 13.9. The number of carbonyl (C=O) groups is 1. The molecule has 0 saturated heterocycles. The number of nitrogen functional groups attached to an aromatic ring is 1. The van der Waals surface area contributed by atoms with Crippen LogP contribution in [0.15, 0.2) is 0 Å². The number of rotatable bonds is 5. The lowest BCUT2D eigenvalue weighted by Crippen LogP contribution is -2.31. The number of carbonyl (C=O) groups excluding carboxylic acids is 1. The molecule has 98 valence electrons. The van der Waals surface area contributed by atoms with Crippen molar-refractivity contribution in [3.8, 4) is 6.07 Å². The average Bonchev–Trinajstić information content (AvgIpc) is 2.62. The van der Waals surface area contributed by atoms with E-state index in [-0.39, 0.29) is 11.5 Å². The molecule has 18 heavy (non-hydrogen) atoms. The van der Waals surface area contributed by atoms with E-state index in [1.165, 1.54) is 18.3 Å². The molecule has 0 aromatic carbocycles. The van der Waals surface area contributed by atoms with Gasteiger partial charge in [-0.05, 0) is 21.0 Å². The van der Waals surface area contributed by atoms with E-state index in [1.54, 1.807) is 0 Å². The Morgan fingerprint density at radius 3 is 2.67 bits per heavy atom. The molecule has 5 nitrogen and oxygen atoms in total. The summed E-state index contributed by atoms with van der Waals surface area (Å²) in [6.07, 6.45) is 0. The van der Waals surface area contributed by atoms with Crippen LogP contribution >= 0.6 is 11.3 Å². The second kappa shape index (κ2) is 5.85. The maximum atomic E-state index is 11.4. The van der Waals surface area contributed by atoms with Gasteiger partial charge in [0.05, 0.1) is 10.6 Å². The summed E-state index contributed by atoms with van der Waals surface area (Å²) in [5.41, 5.74) is 6.46. The Morgan fingerprint density at radius 1 is 1.61 bits per heavy atom. The van der Waals surface area contributed by atoms with Gasteiger partial charge in [-0.1, -0.05) is 0 Å². The van der Waals surface area contributed by atoms with Gasteiger partial charge in [-0.2, -0.15) is 5.26 Å². The molecule has 0 aliphatic carbocycles. The van der Waals surface area contributed by atoms with E-state index in [9.17, 15) is 4.79 Å². The van der Waals surface area contributed by atoms with Gasteiger partial charge < -0.3 is 16.0 Å². The fourth-order valence-electron chi connectivity index (χ4n) is 1.36. The van der Waals surface area contributed by atoms with Crippen LogP contribution in [-0.2, 0) is 0 Å². The maximum absolute atomic E-state index is 11.4. The Bertz CT molecular complexity index is 487. The van der Waals surface area contributed by atoms with Crippen LogP contribution in [0.4, 0.5) is 10.7 Å². The number of hydrogen-bond acceptors (Lipinski definition) is 6. The molecular weight excluding hydrogens is 248 g/mol. The van der Waals surface area contributed by atoms with E-state index in [0.717, 1.165) is 0 Å². The highest BCUT2D eigenvalue weighted by atomic mass is 32.1. The molecule has 0 fully saturated rings. The molecule has 1 atom stereocenters. The number of nitrogens with two attached hydrogens (primary N) is 1. The Kier molecular flexibility index (Phi) is 4.70. The summed E-state index contributed by atoms with van der Waals surface area (Å²) < 4.78 is 0. The van der Waals surface area contributed by atoms with Crippen LogP contribution in [0.25, 0.3) is 0 Å². The lowest BCUT2D eigenvalue weighted by Gasteiger charge is -2.20. The van der Waals surface area contributed by atoms with Gasteiger partial charge in [0.15, 0.2) is 5.78 Å². The van der Waals surface area contributed by atoms with Crippen LogP contribution in [0.1, 0.15) is 29.1 Å². The van der Waals surface area contributed by atoms with Gasteiger partial charge >= 0.3 is 0 Å². The minimum atomic E-state index is -0.109. The van der Waals surface area contributed by atoms with Crippen molar-refractivity contribution in [3.05, 3.63) is 10.4 Å². The summed E-state index contributed by atoms with van der Waals surface area (Å²) >= 11 is 1.25. The zero-order valence-corrected chi connectivity index (χ0v) is 11.9. The Balaban J connectivity index is 2.93. The molecule has 0 spiro atoms. The van der Waals surface area contributed by atoms with Gasteiger partial charge in [-0.3, -0.25) is 4.79 Å². The minimum Gasteiger partial charge on any atom is -0.396 e.